The maximum atomic E-state index is 12.4. The van der Waals surface area contributed by atoms with Crippen molar-refractivity contribution in [3.05, 3.63) is 31.8 Å². The number of nitrogens with zero attached hydrogens (tertiary/aromatic N) is 1. The number of rotatable bonds is 1. The number of halogens is 2. The lowest BCUT2D eigenvalue weighted by molar-refractivity contribution is 0.0767. The summed E-state index contributed by atoms with van der Waals surface area (Å²) in [6.45, 7) is 0.782. The van der Waals surface area contributed by atoms with Gasteiger partial charge in [-0.2, -0.15) is 0 Å². The number of carbonyl (C=O) groups is 1. The highest BCUT2D eigenvalue weighted by molar-refractivity contribution is 14.1. The predicted octanol–water partition coefficient (Wildman–Crippen LogP) is 2.31. The molecular weight excluding hydrogens is 445 g/mol. The van der Waals surface area contributed by atoms with Gasteiger partial charge in [0.1, 0.15) is 0 Å². The second-order valence-electron chi connectivity index (χ2n) is 4.42. The third-order valence-corrected chi connectivity index (χ3v) is 6.15. The highest BCUT2D eigenvalue weighted by Gasteiger charge is 2.24. The molecule has 0 saturated carbocycles. The first-order valence-corrected chi connectivity index (χ1v) is 9.53. The van der Waals surface area contributed by atoms with Crippen molar-refractivity contribution >= 4 is 54.3 Å². The molecule has 1 fully saturated rings. The quantitative estimate of drug-likeness (QED) is 0.608. The van der Waals surface area contributed by atoms with Crippen LogP contribution < -0.4 is 0 Å². The lowest BCUT2D eigenvalue weighted by atomic mass is 10.2. The molecule has 1 aliphatic heterocycles. The monoisotopic (exact) mass is 457 g/mol. The molecule has 2 rings (SSSR count). The second-order valence-corrected chi connectivity index (χ2v) is 8.80. The van der Waals surface area contributed by atoms with Crippen molar-refractivity contribution in [1.82, 2.24) is 4.90 Å². The van der Waals surface area contributed by atoms with Crippen LogP contribution in [0.4, 0.5) is 0 Å². The fourth-order valence-corrected chi connectivity index (χ4v) is 4.17. The molecule has 1 aromatic rings. The Kier molecular flexibility index (Phi) is 4.88. The Hall–Kier alpha value is -0.150. The van der Waals surface area contributed by atoms with E-state index in [1.165, 1.54) is 0 Å². The van der Waals surface area contributed by atoms with Gasteiger partial charge in [-0.3, -0.25) is 4.79 Å². The van der Waals surface area contributed by atoms with Gasteiger partial charge in [-0.1, -0.05) is 15.9 Å². The van der Waals surface area contributed by atoms with Gasteiger partial charge in [-0.05, 0) is 47.2 Å². The molecule has 19 heavy (non-hydrogen) atoms. The van der Waals surface area contributed by atoms with Gasteiger partial charge in [0.15, 0.2) is 9.84 Å². The van der Waals surface area contributed by atoms with E-state index in [4.69, 9.17) is 0 Å². The molecule has 104 valence electrons. The van der Waals surface area contributed by atoms with Gasteiger partial charge in [0.25, 0.3) is 5.91 Å². The third-order valence-electron chi connectivity index (χ3n) is 3.00. The molecule has 0 N–H and O–H groups in total. The van der Waals surface area contributed by atoms with Crippen LogP contribution in [0, 0.1) is 3.57 Å². The Morgan fingerprint density at radius 1 is 1.26 bits per heavy atom. The Morgan fingerprint density at radius 2 is 2.00 bits per heavy atom. The molecular formula is C12H13BrINO3S. The lowest BCUT2D eigenvalue weighted by Crippen LogP contribution is -2.34. The van der Waals surface area contributed by atoms with Crippen LogP contribution in [0.15, 0.2) is 22.7 Å². The van der Waals surface area contributed by atoms with E-state index in [2.05, 4.69) is 38.5 Å². The van der Waals surface area contributed by atoms with Crippen molar-refractivity contribution in [2.75, 3.05) is 24.6 Å². The predicted molar refractivity (Wildman–Crippen MR) is 86.0 cm³/mol. The first-order valence-electron chi connectivity index (χ1n) is 5.84. The van der Waals surface area contributed by atoms with Gasteiger partial charge >= 0.3 is 0 Å². The minimum atomic E-state index is -2.99. The van der Waals surface area contributed by atoms with E-state index in [0.717, 1.165) is 8.04 Å². The van der Waals surface area contributed by atoms with Crippen molar-refractivity contribution in [2.45, 2.75) is 6.42 Å². The summed E-state index contributed by atoms with van der Waals surface area (Å²) in [6.07, 6.45) is 0.513. The van der Waals surface area contributed by atoms with Gasteiger partial charge < -0.3 is 4.90 Å². The van der Waals surface area contributed by atoms with Crippen molar-refractivity contribution in [2.24, 2.45) is 0 Å². The van der Waals surface area contributed by atoms with Crippen molar-refractivity contribution in [3.8, 4) is 0 Å². The maximum Gasteiger partial charge on any atom is 0.254 e. The van der Waals surface area contributed by atoms with Gasteiger partial charge in [-0.15, -0.1) is 0 Å². The number of amides is 1. The average molecular weight is 458 g/mol. The van der Waals surface area contributed by atoms with Crippen molar-refractivity contribution in [1.29, 1.82) is 0 Å². The zero-order valence-electron chi connectivity index (χ0n) is 10.1. The Morgan fingerprint density at radius 3 is 2.74 bits per heavy atom. The van der Waals surface area contributed by atoms with E-state index in [9.17, 15) is 13.2 Å². The molecule has 1 saturated heterocycles. The van der Waals surface area contributed by atoms with Gasteiger partial charge in [0.2, 0.25) is 0 Å². The molecule has 0 aromatic heterocycles. The molecule has 1 aliphatic rings. The van der Waals surface area contributed by atoms with Crippen LogP contribution in [0.25, 0.3) is 0 Å². The molecule has 0 radical (unpaired) electrons. The molecule has 7 heteroatoms. The minimum absolute atomic E-state index is 0.0589. The number of hydrogen-bond donors (Lipinski definition) is 0. The molecule has 1 amide bonds. The fraction of sp³-hybridized carbons (Fsp3) is 0.417. The number of sulfone groups is 1. The van der Waals surface area contributed by atoms with E-state index >= 15 is 0 Å². The molecule has 0 spiro atoms. The first kappa shape index (κ1) is 15.2. The topological polar surface area (TPSA) is 54.5 Å². The van der Waals surface area contributed by atoms with Crippen LogP contribution in [-0.4, -0.2) is 43.8 Å². The molecule has 1 aromatic carbocycles. The molecule has 0 bridgehead atoms. The summed E-state index contributed by atoms with van der Waals surface area (Å²) in [5, 5.41) is 0. The SMILES string of the molecule is O=C(c1cc(Br)ccc1I)N1CCCS(=O)(=O)CC1. The minimum Gasteiger partial charge on any atom is -0.338 e. The number of carbonyl (C=O) groups excluding carboxylic acids is 1. The summed E-state index contributed by atoms with van der Waals surface area (Å²) in [4.78, 5) is 14.1. The summed E-state index contributed by atoms with van der Waals surface area (Å²) in [5.74, 6) is 0.137. The Bertz CT molecular complexity index is 603. The summed E-state index contributed by atoms with van der Waals surface area (Å²) in [5.41, 5.74) is 0.620. The molecule has 1 heterocycles. The summed E-state index contributed by atoms with van der Waals surface area (Å²) >= 11 is 5.47. The van der Waals surface area contributed by atoms with Crippen molar-refractivity contribution in [3.63, 3.8) is 0 Å². The van der Waals surface area contributed by atoms with E-state index in [0.29, 0.717) is 18.5 Å². The third kappa shape index (κ3) is 3.91. The van der Waals surface area contributed by atoms with Gasteiger partial charge in [0, 0.05) is 21.1 Å². The van der Waals surface area contributed by atoms with E-state index < -0.39 is 9.84 Å². The maximum absolute atomic E-state index is 12.4. The smallest absolute Gasteiger partial charge is 0.254 e. The summed E-state index contributed by atoms with van der Waals surface area (Å²) < 4.78 is 24.8. The lowest BCUT2D eigenvalue weighted by Gasteiger charge is -2.20. The standard InChI is InChI=1S/C12H13BrINO3S/c13-9-2-3-11(14)10(8-9)12(16)15-4-1-6-19(17,18)7-5-15/h2-3,8H,1,4-7H2. The van der Waals surface area contributed by atoms with Crippen LogP contribution in [0.2, 0.25) is 0 Å². The largest absolute Gasteiger partial charge is 0.338 e. The number of hydrogen-bond acceptors (Lipinski definition) is 3. The van der Waals surface area contributed by atoms with E-state index in [1.54, 1.807) is 11.0 Å². The normalized spacial score (nSPS) is 18.9. The van der Waals surface area contributed by atoms with Gasteiger partial charge in [-0.25, -0.2) is 8.42 Å². The van der Waals surface area contributed by atoms with Crippen molar-refractivity contribution < 1.29 is 13.2 Å². The summed E-state index contributed by atoms with van der Waals surface area (Å²) in [6, 6.07) is 5.53. The molecule has 0 atom stereocenters. The average Bonchev–Trinajstić information content (AvgIpc) is 2.52. The van der Waals surface area contributed by atoms with Crippen LogP contribution >= 0.6 is 38.5 Å². The van der Waals surface area contributed by atoms with Gasteiger partial charge in [0.05, 0.1) is 17.1 Å². The van der Waals surface area contributed by atoms with E-state index in [-0.39, 0.29) is 24.0 Å². The highest BCUT2D eigenvalue weighted by Crippen LogP contribution is 2.20. The van der Waals surface area contributed by atoms with Crippen LogP contribution in [0.5, 0.6) is 0 Å². The Balaban J connectivity index is 2.22. The Labute approximate surface area is 134 Å². The fourth-order valence-electron chi connectivity index (χ4n) is 1.97. The van der Waals surface area contributed by atoms with Crippen LogP contribution in [0.3, 0.4) is 0 Å². The molecule has 4 nitrogen and oxygen atoms in total. The summed E-state index contributed by atoms with van der Waals surface area (Å²) in [7, 11) is -2.99. The van der Waals surface area contributed by atoms with Crippen LogP contribution in [-0.2, 0) is 9.84 Å². The molecule has 0 unspecified atom stereocenters. The number of benzene rings is 1. The zero-order valence-corrected chi connectivity index (χ0v) is 14.7. The van der Waals surface area contributed by atoms with Crippen LogP contribution in [0.1, 0.15) is 16.8 Å². The first-order chi connectivity index (χ1) is 8.89. The van der Waals surface area contributed by atoms with E-state index in [1.807, 2.05) is 12.1 Å². The molecule has 0 aliphatic carbocycles. The second kappa shape index (κ2) is 6.09. The zero-order chi connectivity index (χ0) is 14.0. The highest BCUT2D eigenvalue weighted by atomic mass is 127.